The van der Waals surface area contributed by atoms with Gasteiger partial charge in [-0.25, -0.2) is 0 Å². The number of aliphatic hydroxyl groups excluding tert-OH is 3. The Kier molecular flexibility index (Phi) is 7.80. The molecule has 2 bridgehead atoms. The van der Waals surface area contributed by atoms with Gasteiger partial charge in [0.15, 0.2) is 12.6 Å². The Labute approximate surface area is 192 Å². The summed E-state index contributed by atoms with van der Waals surface area (Å²) in [6.45, 7) is 9.26. The van der Waals surface area contributed by atoms with Crippen molar-refractivity contribution in [2.75, 3.05) is 6.61 Å². The summed E-state index contributed by atoms with van der Waals surface area (Å²) in [6.07, 6.45) is 6.09. The SMILES string of the molecule is CC1=C[C@H]2[C@H]([C@H](C)CCC[C@@H](C)[C@H]3OCC4O[C@@H](O3)C(O)C(O)[C@@H]4O)CC=C(C)[C@H]2CC1. The first kappa shape index (κ1) is 24.4. The molecule has 2 aliphatic heterocycles. The highest BCUT2D eigenvalue weighted by molar-refractivity contribution is 5.21. The molecule has 3 unspecified atom stereocenters. The molecular weight excluding hydrogens is 408 g/mol. The summed E-state index contributed by atoms with van der Waals surface area (Å²) in [7, 11) is 0. The molecule has 0 aromatic rings. The third-order valence-corrected chi connectivity index (χ3v) is 8.46. The lowest BCUT2D eigenvalue weighted by Crippen LogP contribution is -2.58. The smallest absolute Gasteiger partial charge is 0.189 e. The Balaban J connectivity index is 1.29. The van der Waals surface area contributed by atoms with Gasteiger partial charge in [0.25, 0.3) is 0 Å². The third-order valence-electron chi connectivity index (χ3n) is 8.46. The van der Waals surface area contributed by atoms with Gasteiger partial charge in [0.05, 0.1) is 6.61 Å². The Morgan fingerprint density at radius 2 is 1.75 bits per heavy atom. The number of allylic oxidation sites excluding steroid dienone is 4. The van der Waals surface area contributed by atoms with E-state index in [2.05, 4.69) is 39.8 Å². The average Bonchev–Trinajstić information content (AvgIpc) is 2.98. The molecule has 2 aliphatic carbocycles. The van der Waals surface area contributed by atoms with E-state index in [0.717, 1.165) is 18.8 Å². The highest BCUT2D eigenvalue weighted by Gasteiger charge is 2.48. The van der Waals surface area contributed by atoms with Crippen LogP contribution in [0.2, 0.25) is 0 Å². The molecule has 182 valence electrons. The zero-order valence-corrected chi connectivity index (χ0v) is 20.0. The second kappa shape index (κ2) is 10.2. The van der Waals surface area contributed by atoms with Crippen molar-refractivity contribution in [3.8, 4) is 0 Å². The normalized spacial score (nSPS) is 44.0. The maximum atomic E-state index is 10.2. The molecule has 3 N–H and O–H groups in total. The van der Waals surface area contributed by atoms with E-state index in [1.54, 1.807) is 11.1 Å². The minimum atomic E-state index is -1.29. The first-order chi connectivity index (χ1) is 15.3. The summed E-state index contributed by atoms with van der Waals surface area (Å²) < 4.78 is 17.3. The molecule has 2 fully saturated rings. The lowest BCUT2D eigenvalue weighted by molar-refractivity contribution is -0.304. The van der Waals surface area contributed by atoms with Crippen LogP contribution in [0.3, 0.4) is 0 Å². The first-order valence-corrected chi connectivity index (χ1v) is 12.6. The molecule has 0 saturated carbocycles. The van der Waals surface area contributed by atoms with Crippen molar-refractivity contribution in [1.82, 2.24) is 0 Å². The average molecular weight is 451 g/mol. The van der Waals surface area contributed by atoms with Crippen LogP contribution < -0.4 is 0 Å². The molecular formula is C26H42O6. The first-order valence-electron chi connectivity index (χ1n) is 12.6. The lowest BCUT2D eigenvalue weighted by atomic mass is 9.63. The van der Waals surface area contributed by atoms with Gasteiger partial charge in [-0.3, -0.25) is 0 Å². The quantitative estimate of drug-likeness (QED) is 0.537. The summed E-state index contributed by atoms with van der Waals surface area (Å²) in [5.41, 5.74) is 3.14. The molecule has 0 aromatic carbocycles. The van der Waals surface area contributed by atoms with Gasteiger partial charge in [-0.1, -0.05) is 50.0 Å². The van der Waals surface area contributed by atoms with E-state index in [9.17, 15) is 15.3 Å². The molecule has 0 spiro atoms. The van der Waals surface area contributed by atoms with Gasteiger partial charge in [0.1, 0.15) is 24.4 Å². The zero-order chi connectivity index (χ0) is 23.0. The van der Waals surface area contributed by atoms with Gasteiger partial charge in [-0.05, 0) is 63.2 Å². The summed E-state index contributed by atoms with van der Waals surface area (Å²) in [4.78, 5) is 0. The van der Waals surface area contributed by atoms with Gasteiger partial charge in [0.2, 0.25) is 0 Å². The molecule has 2 saturated heterocycles. The van der Waals surface area contributed by atoms with Gasteiger partial charge in [0, 0.05) is 5.92 Å². The molecule has 0 aromatic heterocycles. The van der Waals surface area contributed by atoms with Crippen LogP contribution in [0.4, 0.5) is 0 Å². The van der Waals surface area contributed by atoms with E-state index in [0.29, 0.717) is 17.8 Å². The topological polar surface area (TPSA) is 88.4 Å². The van der Waals surface area contributed by atoms with Crippen LogP contribution in [-0.4, -0.2) is 58.9 Å². The summed E-state index contributed by atoms with van der Waals surface area (Å²) in [6, 6.07) is 0. The van der Waals surface area contributed by atoms with E-state index in [4.69, 9.17) is 14.2 Å². The van der Waals surface area contributed by atoms with Crippen molar-refractivity contribution in [3.63, 3.8) is 0 Å². The maximum Gasteiger partial charge on any atom is 0.189 e. The van der Waals surface area contributed by atoms with Crippen LogP contribution >= 0.6 is 0 Å². The van der Waals surface area contributed by atoms with Crippen molar-refractivity contribution in [2.45, 2.75) is 103 Å². The zero-order valence-electron chi connectivity index (χ0n) is 20.0. The molecule has 4 aliphatic rings. The Morgan fingerprint density at radius 1 is 1.00 bits per heavy atom. The Hall–Kier alpha value is -0.760. The van der Waals surface area contributed by atoms with E-state index in [1.165, 1.54) is 25.7 Å². The maximum absolute atomic E-state index is 10.2. The van der Waals surface area contributed by atoms with Crippen molar-refractivity contribution in [1.29, 1.82) is 0 Å². The molecule has 2 heterocycles. The van der Waals surface area contributed by atoms with Crippen LogP contribution in [0.1, 0.15) is 66.2 Å². The van der Waals surface area contributed by atoms with Crippen molar-refractivity contribution >= 4 is 0 Å². The fraction of sp³-hybridized carbons (Fsp3) is 0.846. The van der Waals surface area contributed by atoms with Gasteiger partial charge in [-0.15, -0.1) is 0 Å². The summed E-state index contributed by atoms with van der Waals surface area (Å²) >= 11 is 0. The van der Waals surface area contributed by atoms with E-state index in [-0.39, 0.29) is 12.5 Å². The highest BCUT2D eigenvalue weighted by Crippen LogP contribution is 2.46. The van der Waals surface area contributed by atoms with E-state index < -0.39 is 37.0 Å². The molecule has 11 atom stereocenters. The standard InChI is InChI=1S/C26H42O6/c1-14-8-10-18-16(3)9-11-19(20(18)12-14)15(2)6-5-7-17(4)25-30-13-21-22(27)23(28)24(29)26(31-21)32-25/h9,12,15,17-29H,5-8,10-11,13H2,1-4H3/t15-,17-,18-,19+,20-,21?,22-,23?,24?,25+,26+/m1/s1. The molecule has 0 radical (unpaired) electrons. The van der Waals surface area contributed by atoms with Crippen molar-refractivity contribution in [3.05, 3.63) is 23.3 Å². The number of ether oxygens (including phenoxy) is 3. The van der Waals surface area contributed by atoms with Gasteiger partial charge in [-0.2, -0.15) is 0 Å². The molecule has 0 amide bonds. The van der Waals surface area contributed by atoms with Crippen LogP contribution in [-0.2, 0) is 14.2 Å². The third kappa shape index (κ3) is 5.01. The minimum Gasteiger partial charge on any atom is -0.387 e. The Morgan fingerprint density at radius 3 is 2.53 bits per heavy atom. The molecule has 6 heteroatoms. The van der Waals surface area contributed by atoms with Crippen LogP contribution in [0.15, 0.2) is 23.3 Å². The van der Waals surface area contributed by atoms with Crippen molar-refractivity contribution in [2.24, 2.45) is 29.6 Å². The van der Waals surface area contributed by atoms with Crippen LogP contribution in [0.25, 0.3) is 0 Å². The second-order valence-electron chi connectivity index (χ2n) is 10.8. The van der Waals surface area contributed by atoms with Crippen LogP contribution in [0.5, 0.6) is 0 Å². The van der Waals surface area contributed by atoms with Gasteiger partial charge >= 0.3 is 0 Å². The largest absolute Gasteiger partial charge is 0.387 e. The number of aliphatic hydroxyl groups is 3. The fourth-order valence-corrected chi connectivity index (χ4v) is 6.24. The minimum absolute atomic E-state index is 0.129. The molecule has 32 heavy (non-hydrogen) atoms. The monoisotopic (exact) mass is 450 g/mol. The Bertz CT molecular complexity index is 702. The number of rotatable bonds is 6. The van der Waals surface area contributed by atoms with Gasteiger partial charge < -0.3 is 29.5 Å². The molecule has 4 rings (SSSR count). The summed E-state index contributed by atoms with van der Waals surface area (Å²) in [5.74, 6) is 2.91. The van der Waals surface area contributed by atoms with E-state index in [1.807, 2.05) is 0 Å². The predicted octanol–water partition coefficient (Wildman–Crippen LogP) is 3.55. The van der Waals surface area contributed by atoms with Crippen LogP contribution in [0, 0.1) is 29.6 Å². The number of hydrogen-bond donors (Lipinski definition) is 3. The van der Waals surface area contributed by atoms with E-state index >= 15 is 0 Å². The summed E-state index contributed by atoms with van der Waals surface area (Å²) in [5, 5.41) is 30.3. The second-order valence-corrected chi connectivity index (χ2v) is 10.8. The van der Waals surface area contributed by atoms with Crippen molar-refractivity contribution < 1.29 is 29.5 Å². The number of fused-ring (bicyclic) bond motifs is 3. The fourth-order valence-electron chi connectivity index (χ4n) is 6.24. The predicted molar refractivity (Wildman–Crippen MR) is 122 cm³/mol. The molecule has 6 nitrogen and oxygen atoms in total. The number of hydrogen-bond acceptors (Lipinski definition) is 6. The lowest BCUT2D eigenvalue weighted by Gasteiger charge is -2.42. The highest BCUT2D eigenvalue weighted by atomic mass is 16.8.